The Hall–Kier alpha value is -3.88. The van der Waals surface area contributed by atoms with Crippen LogP contribution in [0.15, 0.2) is 48.5 Å². The molecule has 0 unspecified atom stereocenters. The molecule has 2 heterocycles. The molecule has 0 aromatic heterocycles. The van der Waals surface area contributed by atoms with Gasteiger partial charge >= 0.3 is 0 Å². The zero-order chi connectivity index (χ0) is 24.5. The number of rotatable bonds is 6. The first-order chi connectivity index (χ1) is 16.3. The van der Waals surface area contributed by atoms with Crippen LogP contribution in [0.3, 0.4) is 0 Å². The van der Waals surface area contributed by atoms with Gasteiger partial charge in [0, 0.05) is 44.7 Å². The number of likely N-dealkylation sites (N-methyl/N-ethyl adjacent to an activating group) is 1. The number of hydrogen-bond donors (Lipinski definition) is 0. The summed E-state index contributed by atoms with van der Waals surface area (Å²) in [6, 6.07) is 14.1. The molecule has 1 atom stereocenters. The van der Waals surface area contributed by atoms with Crippen LogP contribution in [0.4, 0.5) is 5.69 Å². The predicted molar refractivity (Wildman–Crippen MR) is 124 cm³/mol. The number of ether oxygens (including phenoxy) is 2. The summed E-state index contributed by atoms with van der Waals surface area (Å²) in [7, 11) is 4.49. The molecule has 0 bridgehead atoms. The Morgan fingerprint density at radius 2 is 1.62 bits per heavy atom. The molecule has 9 heteroatoms. The number of amides is 4. The van der Waals surface area contributed by atoms with Crippen LogP contribution in [-0.4, -0.2) is 74.3 Å². The molecule has 4 rings (SSSR count). The summed E-state index contributed by atoms with van der Waals surface area (Å²) in [6.45, 7) is 0.521. The summed E-state index contributed by atoms with van der Waals surface area (Å²) in [6.07, 6.45) is -0.319. The van der Waals surface area contributed by atoms with Gasteiger partial charge in [0.05, 0.1) is 19.6 Å². The van der Waals surface area contributed by atoms with Crippen molar-refractivity contribution in [1.82, 2.24) is 9.80 Å². The molecule has 0 saturated carbocycles. The Morgan fingerprint density at radius 3 is 2.24 bits per heavy atom. The second-order valence-electron chi connectivity index (χ2n) is 8.49. The maximum atomic E-state index is 13.4. The Labute approximate surface area is 197 Å². The lowest BCUT2D eigenvalue weighted by Gasteiger charge is -2.36. The fourth-order valence-electron chi connectivity index (χ4n) is 4.58. The number of hydrogen-bond acceptors (Lipinski definition) is 6. The van der Waals surface area contributed by atoms with Crippen molar-refractivity contribution in [2.24, 2.45) is 0 Å². The van der Waals surface area contributed by atoms with Crippen LogP contribution in [0.1, 0.15) is 18.4 Å². The molecule has 2 fully saturated rings. The van der Waals surface area contributed by atoms with E-state index >= 15 is 0 Å². The van der Waals surface area contributed by atoms with Gasteiger partial charge in [-0.2, -0.15) is 0 Å². The number of imide groups is 1. The topological polar surface area (TPSA) is 96.5 Å². The van der Waals surface area contributed by atoms with Gasteiger partial charge in [-0.05, 0) is 29.8 Å². The van der Waals surface area contributed by atoms with E-state index in [0.717, 1.165) is 4.90 Å². The van der Waals surface area contributed by atoms with Gasteiger partial charge in [-0.3, -0.25) is 24.1 Å². The number of methoxy groups -OCH3 is 2. The third kappa shape index (κ3) is 4.09. The third-order valence-corrected chi connectivity index (χ3v) is 6.55. The molecule has 34 heavy (non-hydrogen) atoms. The smallest absolute Gasteiger partial charge is 0.246 e. The molecule has 2 aliphatic heterocycles. The van der Waals surface area contributed by atoms with Crippen LogP contribution >= 0.6 is 0 Å². The second-order valence-corrected chi connectivity index (χ2v) is 8.49. The van der Waals surface area contributed by atoms with Crippen molar-refractivity contribution in [1.29, 1.82) is 0 Å². The van der Waals surface area contributed by atoms with E-state index in [4.69, 9.17) is 9.47 Å². The van der Waals surface area contributed by atoms with Gasteiger partial charge in [-0.25, -0.2) is 0 Å². The van der Waals surface area contributed by atoms with Gasteiger partial charge in [0.15, 0.2) is 0 Å². The zero-order valence-corrected chi connectivity index (χ0v) is 19.4. The molecular weight excluding hydrogens is 438 g/mol. The van der Waals surface area contributed by atoms with Gasteiger partial charge in [-0.1, -0.05) is 18.2 Å². The highest BCUT2D eigenvalue weighted by Crippen LogP contribution is 2.41. The number of carbonyl (C=O) groups is 4. The number of nitrogens with zero attached hydrogens (tertiary/aromatic N) is 3. The van der Waals surface area contributed by atoms with Gasteiger partial charge < -0.3 is 19.3 Å². The van der Waals surface area contributed by atoms with Crippen LogP contribution < -0.4 is 14.4 Å². The predicted octanol–water partition coefficient (Wildman–Crippen LogP) is 1.60. The first-order valence-corrected chi connectivity index (χ1v) is 11.0. The first kappa shape index (κ1) is 23.3. The molecule has 2 aliphatic rings. The van der Waals surface area contributed by atoms with E-state index in [1.807, 2.05) is 6.07 Å². The maximum absolute atomic E-state index is 13.4. The van der Waals surface area contributed by atoms with E-state index in [9.17, 15) is 19.2 Å². The summed E-state index contributed by atoms with van der Waals surface area (Å²) in [5.41, 5.74) is -0.0866. The largest absolute Gasteiger partial charge is 0.497 e. The zero-order valence-electron chi connectivity index (χ0n) is 19.4. The number of carbonyl (C=O) groups excluding carboxylic acids is 4. The average Bonchev–Trinajstić information content (AvgIpc) is 3.08. The van der Waals surface area contributed by atoms with E-state index in [-0.39, 0.29) is 37.1 Å². The SMILES string of the molecule is COc1cccc(N2CCN(C(=O)C[C@@]3(c4cccc(OC)c4)CC(=O)N(C)C3=O)CC2=O)c1. The normalized spacial score (nSPS) is 20.7. The molecule has 2 aromatic rings. The summed E-state index contributed by atoms with van der Waals surface area (Å²) >= 11 is 0. The lowest BCUT2D eigenvalue weighted by atomic mass is 9.75. The van der Waals surface area contributed by atoms with Crippen molar-refractivity contribution >= 4 is 29.3 Å². The Morgan fingerprint density at radius 1 is 0.941 bits per heavy atom. The summed E-state index contributed by atoms with van der Waals surface area (Å²) in [5.74, 6) is -0.189. The van der Waals surface area contributed by atoms with Crippen LogP contribution in [0.25, 0.3) is 0 Å². The molecular formula is C25H27N3O6. The number of piperazine rings is 1. The molecule has 0 spiro atoms. The van der Waals surface area contributed by atoms with Gasteiger partial charge in [-0.15, -0.1) is 0 Å². The van der Waals surface area contributed by atoms with Crippen LogP contribution in [0.2, 0.25) is 0 Å². The third-order valence-electron chi connectivity index (χ3n) is 6.55. The average molecular weight is 466 g/mol. The minimum absolute atomic E-state index is 0.109. The minimum Gasteiger partial charge on any atom is -0.497 e. The van der Waals surface area contributed by atoms with Crippen LogP contribution in [0.5, 0.6) is 11.5 Å². The van der Waals surface area contributed by atoms with Crippen molar-refractivity contribution < 1.29 is 28.7 Å². The van der Waals surface area contributed by atoms with E-state index in [2.05, 4.69) is 0 Å². The standard InChI is InChI=1S/C25H27N3O6/c1-26-21(29)14-25(24(26)32,17-6-4-8-19(12-17)33-2)15-22(30)27-10-11-28(23(31)16-27)18-7-5-9-20(13-18)34-3/h4-9,12-13H,10-11,14-16H2,1-3H3/t25-/m1/s1. The summed E-state index contributed by atoms with van der Waals surface area (Å²) in [5, 5.41) is 0. The van der Waals surface area contributed by atoms with Crippen molar-refractivity contribution in [3.63, 3.8) is 0 Å². The lowest BCUT2D eigenvalue weighted by Crippen LogP contribution is -2.53. The molecule has 0 N–H and O–H groups in total. The quantitative estimate of drug-likeness (QED) is 0.602. The highest BCUT2D eigenvalue weighted by molar-refractivity contribution is 6.10. The number of likely N-dealkylation sites (tertiary alicyclic amines) is 1. The first-order valence-electron chi connectivity index (χ1n) is 11.0. The number of benzene rings is 2. The van der Waals surface area contributed by atoms with E-state index in [0.29, 0.717) is 35.8 Å². The second kappa shape index (κ2) is 9.17. The maximum Gasteiger partial charge on any atom is 0.246 e. The van der Waals surface area contributed by atoms with Crippen LogP contribution in [0, 0.1) is 0 Å². The molecule has 0 radical (unpaired) electrons. The Balaban J connectivity index is 1.55. The van der Waals surface area contributed by atoms with Crippen molar-refractivity contribution in [3.05, 3.63) is 54.1 Å². The fourth-order valence-corrected chi connectivity index (χ4v) is 4.58. The molecule has 2 saturated heterocycles. The van der Waals surface area contributed by atoms with Gasteiger partial charge in [0.25, 0.3) is 0 Å². The highest BCUT2D eigenvalue weighted by atomic mass is 16.5. The van der Waals surface area contributed by atoms with Crippen molar-refractivity contribution in [3.8, 4) is 11.5 Å². The highest BCUT2D eigenvalue weighted by Gasteiger charge is 2.53. The Bertz CT molecular complexity index is 1150. The van der Waals surface area contributed by atoms with Crippen molar-refractivity contribution in [2.75, 3.05) is 45.8 Å². The molecule has 4 amide bonds. The molecule has 2 aromatic carbocycles. The lowest BCUT2D eigenvalue weighted by molar-refractivity contribution is -0.142. The minimum atomic E-state index is -1.33. The summed E-state index contributed by atoms with van der Waals surface area (Å²) < 4.78 is 10.5. The van der Waals surface area contributed by atoms with E-state index in [1.165, 1.54) is 19.1 Å². The van der Waals surface area contributed by atoms with Crippen LogP contribution in [-0.2, 0) is 24.6 Å². The molecule has 9 nitrogen and oxygen atoms in total. The molecule has 0 aliphatic carbocycles. The van der Waals surface area contributed by atoms with E-state index in [1.54, 1.807) is 54.5 Å². The van der Waals surface area contributed by atoms with Gasteiger partial charge in [0.2, 0.25) is 23.6 Å². The van der Waals surface area contributed by atoms with E-state index < -0.39 is 11.3 Å². The number of anilines is 1. The fraction of sp³-hybridized carbons (Fsp3) is 0.360. The molecule has 178 valence electrons. The monoisotopic (exact) mass is 465 g/mol. The summed E-state index contributed by atoms with van der Waals surface area (Å²) in [4.78, 5) is 56.1. The van der Waals surface area contributed by atoms with Crippen molar-refractivity contribution in [2.45, 2.75) is 18.3 Å². The van der Waals surface area contributed by atoms with Gasteiger partial charge in [0.1, 0.15) is 18.0 Å². The Kier molecular flexibility index (Phi) is 6.28.